The van der Waals surface area contributed by atoms with E-state index >= 15 is 0 Å². The second-order valence-corrected chi connectivity index (χ2v) is 9.33. The second-order valence-electron chi connectivity index (χ2n) is 7.87. The first-order valence-electron chi connectivity index (χ1n) is 10.3. The summed E-state index contributed by atoms with van der Waals surface area (Å²) in [6.45, 7) is 2.06. The number of pyridine rings is 1. The summed E-state index contributed by atoms with van der Waals surface area (Å²) in [7, 11) is 2.98. The Balaban J connectivity index is 1.77. The van der Waals surface area contributed by atoms with Crippen LogP contribution in [-0.2, 0) is 19.3 Å². The molecule has 0 saturated heterocycles. The number of hydrogen-bond donors (Lipinski definition) is 1. The largest absolute Gasteiger partial charge is 0.493 e. The molecule has 0 fully saturated rings. The Labute approximate surface area is 208 Å². The maximum absolute atomic E-state index is 13.5. The topological polar surface area (TPSA) is 71.6 Å². The van der Waals surface area contributed by atoms with Crippen LogP contribution in [0.15, 0.2) is 51.0 Å². The molecule has 35 heavy (non-hydrogen) atoms. The molecule has 0 radical (unpaired) electrons. The lowest BCUT2D eigenvalue weighted by molar-refractivity contribution is -0.141. The van der Waals surface area contributed by atoms with Crippen LogP contribution in [-0.4, -0.2) is 30.0 Å². The summed E-state index contributed by atoms with van der Waals surface area (Å²) in [4.78, 5) is 29.9. The van der Waals surface area contributed by atoms with Gasteiger partial charge in [0.15, 0.2) is 11.5 Å². The van der Waals surface area contributed by atoms with Gasteiger partial charge in [-0.3, -0.25) is 9.59 Å². The Kier molecular flexibility index (Phi) is 6.79. The Morgan fingerprint density at radius 3 is 2.20 bits per heavy atom. The van der Waals surface area contributed by atoms with Gasteiger partial charge in [0.2, 0.25) is 0 Å². The third-order valence-corrected chi connectivity index (χ3v) is 7.32. The molecule has 2 aromatic carbocycles. The lowest BCUT2D eigenvalue weighted by Crippen LogP contribution is -2.32. The highest BCUT2D eigenvalue weighted by molar-refractivity contribution is 7.99. The van der Waals surface area contributed by atoms with Gasteiger partial charge in [0.1, 0.15) is 11.3 Å². The molecular formula is C24H20ClF3N2O4S. The number of aromatic nitrogens is 1. The maximum Gasteiger partial charge on any atom is 0.431 e. The van der Waals surface area contributed by atoms with Crippen LogP contribution in [0.2, 0.25) is 5.02 Å². The van der Waals surface area contributed by atoms with Crippen molar-refractivity contribution in [2.24, 2.45) is 0 Å². The number of methoxy groups -OCH3 is 2. The number of carbonyl (C=O) groups is 1. The number of alkyl halides is 3. The fraction of sp³-hybridized carbons (Fsp3) is 0.250. The summed E-state index contributed by atoms with van der Waals surface area (Å²) in [5.41, 5.74) is -0.476. The van der Waals surface area contributed by atoms with E-state index < -0.39 is 23.3 Å². The summed E-state index contributed by atoms with van der Waals surface area (Å²) < 4.78 is 51.0. The number of H-pyrrole nitrogens is 1. The van der Waals surface area contributed by atoms with E-state index in [1.165, 1.54) is 19.1 Å². The number of carbonyl (C=O) groups excluding carboxylic acids is 1. The number of aromatic amines is 1. The number of amides is 1. The molecule has 0 spiro atoms. The third-order valence-electron chi connectivity index (χ3n) is 5.61. The normalized spacial score (nSPS) is 13.1. The van der Waals surface area contributed by atoms with E-state index in [9.17, 15) is 22.8 Å². The number of nitrogens with zero attached hydrogens (tertiary/aromatic N) is 1. The molecule has 0 unspecified atom stereocenters. The Bertz CT molecular complexity index is 1320. The lowest BCUT2D eigenvalue weighted by atomic mass is 10.1. The fourth-order valence-electron chi connectivity index (χ4n) is 3.85. The van der Waals surface area contributed by atoms with Crippen molar-refractivity contribution in [3.05, 3.63) is 79.7 Å². The standard InChI is InChI=1S/C24H20ClF3N2O4S/c1-12-5-4-6-15(25)21(12)35-18-9-19(24(26,27)28)29-22(31)20(18)23(32)30-10-13-7-16(33-2)17(34-3)8-14(13)11-30/h4-9H,10-11H2,1-3H3,(H,29,31). The van der Waals surface area contributed by atoms with Gasteiger partial charge in [0.05, 0.1) is 19.2 Å². The average molecular weight is 525 g/mol. The summed E-state index contributed by atoms with van der Waals surface area (Å²) in [6, 6.07) is 9.29. The number of rotatable bonds is 5. The van der Waals surface area contributed by atoms with Gasteiger partial charge in [-0.05, 0) is 47.9 Å². The van der Waals surface area contributed by atoms with Crippen LogP contribution >= 0.6 is 23.4 Å². The molecule has 6 nitrogen and oxygen atoms in total. The van der Waals surface area contributed by atoms with Gasteiger partial charge in [0, 0.05) is 22.9 Å². The smallest absolute Gasteiger partial charge is 0.431 e. The molecule has 1 aromatic heterocycles. The molecule has 184 valence electrons. The predicted molar refractivity (Wildman–Crippen MR) is 126 cm³/mol. The van der Waals surface area contributed by atoms with E-state index in [2.05, 4.69) is 0 Å². The molecule has 0 saturated carbocycles. The molecule has 0 aliphatic carbocycles. The number of hydrogen-bond acceptors (Lipinski definition) is 5. The highest BCUT2D eigenvalue weighted by atomic mass is 35.5. The zero-order valence-corrected chi connectivity index (χ0v) is 20.5. The van der Waals surface area contributed by atoms with Crippen LogP contribution in [0, 0.1) is 6.92 Å². The van der Waals surface area contributed by atoms with E-state index in [0.717, 1.165) is 29.0 Å². The highest BCUT2D eigenvalue weighted by Crippen LogP contribution is 2.40. The molecule has 11 heteroatoms. The number of aryl methyl sites for hydroxylation is 1. The number of benzene rings is 2. The number of halogens is 4. The first-order valence-corrected chi connectivity index (χ1v) is 11.5. The first-order chi connectivity index (χ1) is 16.5. The monoisotopic (exact) mass is 524 g/mol. The fourth-order valence-corrected chi connectivity index (χ4v) is 5.26. The minimum absolute atomic E-state index is 0.131. The maximum atomic E-state index is 13.5. The van der Waals surface area contributed by atoms with Gasteiger partial charge < -0.3 is 19.4 Å². The molecule has 0 atom stereocenters. The van der Waals surface area contributed by atoms with E-state index in [1.54, 1.807) is 37.3 Å². The molecule has 4 rings (SSSR count). The summed E-state index contributed by atoms with van der Waals surface area (Å²) in [6.07, 6.45) is -4.80. The summed E-state index contributed by atoms with van der Waals surface area (Å²) in [5, 5.41) is 0.301. The van der Waals surface area contributed by atoms with Crippen molar-refractivity contribution in [3.8, 4) is 11.5 Å². The SMILES string of the molecule is COc1cc2c(cc1OC)CN(C(=O)c1c(Sc3c(C)cccc3Cl)cc(C(F)(F)F)[nH]c1=O)C2. The summed E-state index contributed by atoms with van der Waals surface area (Å²) in [5.74, 6) is 0.276. The van der Waals surface area contributed by atoms with Gasteiger partial charge in [-0.2, -0.15) is 13.2 Å². The highest BCUT2D eigenvalue weighted by Gasteiger charge is 2.36. The Morgan fingerprint density at radius 1 is 1.09 bits per heavy atom. The quantitative estimate of drug-likeness (QED) is 0.465. The van der Waals surface area contributed by atoms with Crippen molar-refractivity contribution in [1.29, 1.82) is 0 Å². The van der Waals surface area contributed by atoms with E-state index in [0.29, 0.717) is 27.0 Å². The molecule has 0 bridgehead atoms. The molecular weight excluding hydrogens is 505 g/mol. The zero-order chi connectivity index (χ0) is 25.5. The lowest BCUT2D eigenvalue weighted by Gasteiger charge is -2.19. The van der Waals surface area contributed by atoms with Crippen LogP contribution in [0.25, 0.3) is 0 Å². The van der Waals surface area contributed by atoms with Crippen LogP contribution in [0.1, 0.15) is 32.7 Å². The molecule has 3 aromatic rings. The third kappa shape index (κ3) is 4.85. The number of ether oxygens (including phenoxy) is 2. The van der Waals surface area contributed by atoms with Crippen LogP contribution in [0.3, 0.4) is 0 Å². The van der Waals surface area contributed by atoms with Crippen molar-refractivity contribution in [2.45, 2.75) is 36.0 Å². The van der Waals surface area contributed by atoms with E-state index in [1.807, 2.05) is 4.98 Å². The number of nitrogens with one attached hydrogen (secondary N) is 1. The van der Waals surface area contributed by atoms with E-state index in [-0.39, 0.29) is 23.5 Å². The molecule has 1 aliphatic heterocycles. The van der Waals surface area contributed by atoms with Crippen LogP contribution in [0.4, 0.5) is 13.2 Å². The molecule has 1 aliphatic rings. The van der Waals surface area contributed by atoms with Gasteiger partial charge in [-0.1, -0.05) is 35.5 Å². The minimum Gasteiger partial charge on any atom is -0.493 e. The zero-order valence-electron chi connectivity index (χ0n) is 18.9. The second kappa shape index (κ2) is 9.50. The molecule has 1 N–H and O–H groups in total. The van der Waals surface area contributed by atoms with Crippen molar-refractivity contribution in [3.63, 3.8) is 0 Å². The summed E-state index contributed by atoms with van der Waals surface area (Å²) >= 11 is 7.13. The number of fused-ring (bicyclic) bond motifs is 1. The Hall–Kier alpha value is -3.11. The van der Waals surface area contributed by atoms with Crippen LogP contribution in [0.5, 0.6) is 11.5 Å². The van der Waals surface area contributed by atoms with Gasteiger partial charge in [-0.25, -0.2) is 0 Å². The average Bonchev–Trinajstić information content (AvgIpc) is 3.22. The van der Waals surface area contributed by atoms with Crippen molar-refractivity contribution in [1.82, 2.24) is 9.88 Å². The first kappa shape index (κ1) is 25.0. The minimum atomic E-state index is -4.80. The Morgan fingerprint density at radius 2 is 1.69 bits per heavy atom. The van der Waals surface area contributed by atoms with Crippen molar-refractivity contribution < 1.29 is 27.4 Å². The van der Waals surface area contributed by atoms with Gasteiger partial charge in [-0.15, -0.1) is 0 Å². The predicted octanol–water partition coefficient (Wildman–Crippen LogP) is 5.68. The molecule has 2 heterocycles. The molecule has 1 amide bonds. The van der Waals surface area contributed by atoms with Crippen molar-refractivity contribution in [2.75, 3.05) is 14.2 Å². The van der Waals surface area contributed by atoms with Gasteiger partial charge >= 0.3 is 6.18 Å². The van der Waals surface area contributed by atoms with E-state index in [4.69, 9.17) is 21.1 Å². The van der Waals surface area contributed by atoms with Crippen LogP contribution < -0.4 is 15.0 Å². The van der Waals surface area contributed by atoms with Gasteiger partial charge in [0.25, 0.3) is 11.5 Å². The van der Waals surface area contributed by atoms with Crippen molar-refractivity contribution >= 4 is 29.3 Å².